The second-order valence-corrected chi connectivity index (χ2v) is 10.8. The zero-order valence-electron chi connectivity index (χ0n) is 16.9. The normalized spacial score (nSPS) is 16.9. The standard InChI is InChI=1S/C20H25ClN4O3S2/c1-15(20(26)23-13-16-5-3-4-6-18(16)21)29-19-8-7-17(14-22-19)30(27,28)25-11-9-24(2)10-12-25/h3-8,14-15H,9-13H2,1-2H3,(H,23,26). The van der Waals surface area contributed by atoms with Gasteiger partial charge >= 0.3 is 0 Å². The first-order chi connectivity index (χ1) is 14.3. The van der Waals surface area contributed by atoms with E-state index >= 15 is 0 Å². The number of piperazine rings is 1. The van der Waals surface area contributed by atoms with Gasteiger partial charge in [0, 0.05) is 43.9 Å². The van der Waals surface area contributed by atoms with Crippen LogP contribution in [0.25, 0.3) is 0 Å². The molecule has 0 saturated carbocycles. The smallest absolute Gasteiger partial charge is 0.244 e. The molecule has 162 valence electrons. The fraction of sp³-hybridized carbons (Fsp3) is 0.400. The van der Waals surface area contributed by atoms with Crippen molar-refractivity contribution in [3.05, 3.63) is 53.2 Å². The number of carbonyl (C=O) groups excluding carboxylic acids is 1. The minimum absolute atomic E-state index is 0.143. The molecule has 0 radical (unpaired) electrons. The van der Waals surface area contributed by atoms with Crippen molar-refractivity contribution in [2.45, 2.75) is 28.6 Å². The molecular formula is C20H25ClN4O3S2. The number of benzene rings is 1. The quantitative estimate of drug-likeness (QED) is 0.628. The first-order valence-electron chi connectivity index (χ1n) is 9.60. The first kappa shape index (κ1) is 23.0. The molecule has 30 heavy (non-hydrogen) atoms. The summed E-state index contributed by atoms with van der Waals surface area (Å²) in [6.07, 6.45) is 1.37. The van der Waals surface area contributed by atoms with Crippen molar-refractivity contribution >= 4 is 39.3 Å². The summed E-state index contributed by atoms with van der Waals surface area (Å²) in [6.45, 7) is 4.49. The molecule has 3 rings (SSSR count). The summed E-state index contributed by atoms with van der Waals surface area (Å²) in [6, 6.07) is 10.5. The van der Waals surface area contributed by atoms with Gasteiger partial charge in [-0.1, -0.05) is 41.6 Å². The van der Waals surface area contributed by atoms with E-state index in [1.807, 2.05) is 25.2 Å². The van der Waals surface area contributed by atoms with E-state index < -0.39 is 10.0 Å². The molecule has 1 fully saturated rings. The van der Waals surface area contributed by atoms with Crippen LogP contribution in [0.5, 0.6) is 0 Å². The van der Waals surface area contributed by atoms with E-state index in [0.717, 1.165) is 5.56 Å². The molecule has 0 bridgehead atoms. The highest BCUT2D eigenvalue weighted by Crippen LogP contribution is 2.24. The van der Waals surface area contributed by atoms with Crippen LogP contribution >= 0.6 is 23.4 Å². The maximum absolute atomic E-state index is 12.8. The molecule has 1 unspecified atom stereocenters. The largest absolute Gasteiger partial charge is 0.351 e. The van der Waals surface area contributed by atoms with Crippen molar-refractivity contribution in [1.82, 2.24) is 19.5 Å². The molecule has 1 aliphatic heterocycles. The van der Waals surface area contributed by atoms with Gasteiger partial charge in [-0.15, -0.1) is 0 Å². The Labute approximate surface area is 186 Å². The van der Waals surface area contributed by atoms with Crippen LogP contribution < -0.4 is 5.32 Å². The number of pyridine rings is 1. The molecule has 2 heterocycles. The number of carbonyl (C=O) groups is 1. The number of nitrogens with zero attached hydrogens (tertiary/aromatic N) is 3. The number of hydrogen-bond donors (Lipinski definition) is 1. The predicted molar refractivity (Wildman–Crippen MR) is 119 cm³/mol. The Morgan fingerprint density at radius 2 is 1.90 bits per heavy atom. The zero-order chi connectivity index (χ0) is 21.7. The van der Waals surface area contributed by atoms with Crippen LogP contribution in [0.1, 0.15) is 12.5 Å². The fourth-order valence-corrected chi connectivity index (χ4v) is 5.35. The van der Waals surface area contributed by atoms with Gasteiger partial charge in [0.2, 0.25) is 15.9 Å². The Morgan fingerprint density at radius 3 is 2.53 bits per heavy atom. The van der Waals surface area contributed by atoms with E-state index in [4.69, 9.17) is 11.6 Å². The van der Waals surface area contributed by atoms with Gasteiger partial charge in [-0.3, -0.25) is 4.79 Å². The molecule has 1 aromatic carbocycles. The number of sulfonamides is 1. The van der Waals surface area contributed by atoms with Gasteiger partial charge in [-0.05, 0) is 37.7 Å². The lowest BCUT2D eigenvalue weighted by molar-refractivity contribution is -0.120. The number of thioether (sulfide) groups is 1. The zero-order valence-corrected chi connectivity index (χ0v) is 19.3. The van der Waals surface area contributed by atoms with Crippen LogP contribution in [0.15, 0.2) is 52.5 Å². The van der Waals surface area contributed by atoms with Crippen molar-refractivity contribution in [1.29, 1.82) is 0 Å². The Hall–Kier alpha value is -1.65. The van der Waals surface area contributed by atoms with E-state index in [1.54, 1.807) is 25.1 Å². The van der Waals surface area contributed by atoms with Crippen LogP contribution in [0, 0.1) is 0 Å². The minimum Gasteiger partial charge on any atom is -0.351 e. The third-order valence-corrected chi connectivity index (χ3v) is 8.19. The highest BCUT2D eigenvalue weighted by molar-refractivity contribution is 8.00. The topological polar surface area (TPSA) is 82.6 Å². The van der Waals surface area contributed by atoms with Crippen LogP contribution in [-0.4, -0.2) is 67.0 Å². The SMILES string of the molecule is CC(Sc1ccc(S(=O)(=O)N2CCN(C)CC2)cn1)C(=O)NCc1ccccc1Cl. The number of halogens is 1. The lowest BCUT2D eigenvalue weighted by atomic mass is 10.2. The summed E-state index contributed by atoms with van der Waals surface area (Å²) in [5.41, 5.74) is 0.848. The summed E-state index contributed by atoms with van der Waals surface area (Å²) in [5, 5.41) is 3.67. The first-order valence-corrected chi connectivity index (χ1v) is 12.3. The van der Waals surface area contributed by atoms with Gasteiger partial charge in [-0.25, -0.2) is 13.4 Å². The number of likely N-dealkylation sites (N-methyl/N-ethyl adjacent to an activating group) is 1. The minimum atomic E-state index is -3.55. The second-order valence-electron chi connectivity index (χ2n) is 7.11. The van der Waals surface area contributed by atoms with E-state index in [2.05, 4.69) is 15.2 Å². The predicted octanol–water partition coefficient (Wildman–Crippen LogP) is 2.47. The van der Waals surface area contributed by atoms with Crippen LogP contribution in [0.3, 0.4) is 0 Å². The molecular weight excluding hydrogens is 444 g/mol. The van der Waals surface area contributed by atoms with Crippen molar-refractivity contribution in [3.8, 4) is 0 Å². The van der Waals surface area contributed by atoms with Crippen molar-refractivity contribution < 1.29 is 13.2 Å². The average molecular weight is 469 g/mol. The third kappa shape index (κ3) is 5.73. The summed E-state index contributed by atoms with van der Waals surface area (Å²) in [5.74, 6) is -0.143. The molecule has 1 saturated heterocycles. The molecule has 0 spiro atoms. The average Bonchev–Trinajstić information content (AvgIpc) is 2.73. The Balaban J connectivity index is 1.57. The number of rotatable bonds is 7. The molecule has 7 nitrogen and oxygen atoms in total. The molecule has 0 aliphatic carbocycles. The maximum Gasteiger partial charge on any atom is 0.244 e. The Bertz CT molecular complexity index is 978. The summed E-state index contributed by atoms with van der Waals surface area (Å²) in [7, 11) is -1.57. The summed E-state index contributed by atoms with van der Waals surface area (Å²) < 4.78 is 27.0. The van der Waals surface area contributed by atoms with Crippen LogP contribution in [0.2, 0.25) is 5.02 Å². The van der Waals surface area contributed by atoms with Gasteiger partial charge in [-0.2, -0.15) is 4.31 Å². The van der Waals surface area contributed by atoms with E-state index in [1.165, 1.54) is 22.3 Å². The van der Waals surface area contributed by atoms with Gasteiger partial charge in [0.25, 0.3) is 0 Å². The van der Waals surface area contributed by atoms with Crippen molar-refractivity contribution in [2.24, 2.45) is 0 Å². The molecule has 10 heteroatoms. The van der Waals surface area contributed by atoms with Gasteiger partial charge in [0.1, 0.15) is 4.90 Å². The highest BCUT2D eigenvalue weighted by Gasteiger charge is 2.27. The van der Waals surface area contributed by atoms with E-state index in [-0.39, 0.29) is 16.1 Å². The molecule has 1 N–H and O–H groups in total. The van der Waals surface area contributed by atoms with Crippen LogP contribution in [0.4, 0.5) is 0 Å². The maximum atomic E-state index is 12.8. The second kappa shape index (κ2) is 10.1. The Morgan fingerprint density at radius 1 is 1.20 bits per heavy atom. The number of hydrogen-bond acceptors (Lipinski definition) is 6. The molecule has 1 aromatic heterocycles. The highest BCUT2D eigenvalue weighted by atomic mass is 35.5. The van der Waals surface area contributed by atoms with Gasteiger partial charge in [0.15, 0.2) is 0 Å². The van der Waals surface area contributed by atoms with Crippen molar-refractivity contribution in [2.75, 3.05) is 33.2 Å². The molecule has 1 aliphatic rings. The van der Waals surface area contributed by atoms with Gasteiger partial charge < -0.3 is 10.2 Å². The number of nitrogens with one attached hydrogen (secondary N) is 1. The number of aromatic nitrogens is 1. The summed E-state index contributed by atoms with van der Waals surface area (Å²) in [4.78, 5) is 18.9. The van der Waals surface area contributed by atoms with Crippen molar-refractivity contribution in [3.63, 3.8) is 0 Å². The fourth-order valence-electron chi connectivity index (χ4n) is 2.97. The molecule has 1 atom stereocenters. The van der Waals surface area contributed by atoms with E-state index in [0.29, 0.717) is 42.8 Å². The monoisotopic (exact) mass is 468 g/mol. The lowest BCUT2D eigenvalue weighted by Crippen LogP contribution is -2.47. The number of amides is 1. The van der Waals surface area contributed by atoms with Crippen LogP contribution in [-0.2, 0) is 21.4 Å². The van der Waals surface area contributed by atoms with E-state index in [9.17, 15) is 13.2 Å². The molecule has 2 aromatic rings. The summed E-state index contributed by atoms with van der Waals surface area (Å²) >= 11 is 7.39. The van der Waals surface area contributed by atoms with Gasteiger partial charge in [0.05, 0.1) is 10.3 Å². The Kier molecular flexibility index (Phi) is 7.75. The lowest BCUT2D eigenvalue weighted by Gasteiger charge is -2.31. The molecule has 1 amide bonds. The third-order valence-electron chi connectivity index (χ3n) is 4.89.